The molecule has 1 aliphatic carbocycles. The Bertz CT molecular complexity index is 1920. The van der Waals surface area contributed by atoms with E-state index in [0.717, 1.165) is 63.1 Å². The van der Waals surface area contributed by atoms with Crippen molar-refractivity contribution in [1.82, 2.24) is 9.88 Å². The van der Waals surface area contributed by atoms with Gasteiger partial charge in [-0.3, -0.25) is 9.79 Å². The van der Waals surface area contributed by atoms with Crippen molar-refractivity contribution < 1.29 is 32.8 Å². The molecule has 11 heteroatoms. The molecule has 51 heavy (non-hydrogen) atoms. The summed E-state index contributed by atoms with van der Waals surface area (Å²) in [6, 6.07) is 14.2. The summed E-state index contributed by atoms with van der Waals surface area (Å²) in [6.45, 7) is 14.1. The molecular weight excluding hydrogens is 648 g/mol. The lowest BCUT2D eigenvalue weighted by molar-refractivity contribution is -0.126. The Labute approximate surface area is 300 Å². The zero-order valence-corrected chi connectivity index (χ0v) is 30.9. The van der Waals surface area contributed by atoms with Crippen LogP contribution in [-0.4, -0.2) is 59.8 Å². The molecule has 9 nitrogen and oxygen atoms in total. The van der Waals surface area contributed by atoms with E-state index in [4.69, 9.17) is 23.8 Å². The van der Waals surface area contributed by atoms with Crippen LogP contribution in [0.2, 0.25) is 0 Å². The van der Waals surface area contributed by atoms with Crippen LogP contribution in [0.1, 0.15) is 92.4 Å². The van der Waals surface area contributed by atoms with Gasteiger partial charge in [0.2, 0.25) is 0 Å². The van der Waals surface area contributed by atoms with Crippen molar-refractivity contribution in [3.63, 3.8) is 0 Å². The van der Waals surface area contributed by atoms with Gasteiger partial charge in [-0.05, 0) is 100 Å². The Morgan fingerprint density at radius 1 is 1.06 bits per heavy atom. The number of fused-ring (bicyclic) bond motifs is 5. The number of halogens is 1. The second kappa shape index (κ2) is 13.2. The van der Waals surface area contributed by atoms with Crippen molar-refractivity contribution >= 4 is 46.6 Å². The van der Waals surface area contributed by atoms with Crippen molar-refractivity contribution in [3.05, 3.63) is 54.2 Å². The number of benzene rings is 2. The minimum Gasteiger partial charge on any atom is -0.469 e. The molecule has 1 saturated carbocycles. The molecule has 1 aromatic heterocycles. The Balaban J connectivity index is 1.14. The van der Waals surface area contributed by atoms with Gasteiger partial charge < -0.3 is 28.7 Å². The average Bonchev–Trinajstić information content (AvgIpc) is 3.75. The second-order valence-electron chi connectivity index (χ2n) is 15.8. The van der Waals surface area contributed by atoms with E-state index in [1.54, 1.807) is 0 Å². The van der Waals surface area contributed by atoms with E-state index in [1.165, 1.54) is 7.11 Å². The molecule has 1 saturated heterocycles. The summed E-state index contributed by atoms with van der Waals surface area (Å²) < 4.78 is 41.2. The lowest BCUT2D eigenvalue weighted by Crippen LogP contribution is -2.48. The summed E-state index contributed by atoms with van der Waals surface area (Å²) in [7, 11) is 0.832. The first kappa shape index (κ1) is 35.4. The molecule has 0 spiro atoms. The number of allylic oxidation sites excluding steroid dienone is 1. The molecule has 5 atom stereocenters. The monoisotopic (exact) mass is 697 g/mol. The normalized spacial score (nSPS) is 25.5. The van der Waals surface area contributed by atoms with Gasteiger partial charge in [-0.15, -0.1) is 0 Å². The fourth-order valence-electron chi connectivity index (χ4n) is 8.09. The average molecular weight is 698 g/mol. The van der Waals surface area contributed by atoms with Crippen molar-refractivity contribution in [2.24, 2.45) is 22.7 Å². The number of aliphatic imine (C=N–C) groups is 1. The molecular formula is C40H49BFN3O6. The van der Waals surface area contributed by atoms with E-state index < -0.39 is 42.5 Å². The summed E-state index contributed by atoms with van der Waals surface area (Å²) in [5.74, 6) is -0.320. The van der Waals surface area contributed by atoms with Crippen LogP contribution >= 0.6 is 0 Å². The van der Waals surface area contributed by atoms with Gasteiger partial charge in [0.15, 0.2) is 12.0 Å². The van der Waals surface area contributed by atoms with Crippen LogP contribution in [0.25, 0.3) is 27.7 Å². The first-order valence-corrected chi connectivity index (χ1v) is 18.3. The van der Waals surface area contributed by atoms with Gasteiger partial charge in [0, 0.05) is 41.1 Å². The van der Waals surface area contributed by atoms with Crippen molar-refractivity contribution in [2.45, 2.75) is 110 Å². The molecule has 0 bridgehead atoms. The van der Waals surface area contributed by atoms with Crippen LogP contribution in [0.5, 0.6) is 5.75 Å². The van der Waals surface area contributed by atoms with E-state index in [-0.39, 0.29) is 36.7 Å². The van der Waals surface area contributed by atoms with Crippen LogP contribution in [0, 0.1) is 17.8 Å². The number of carbonyl (C=O) groups excluding carboxylic acids is 2. The molecule has 4 aliphatic rings. The number of rotatable bonds is 8. The van der Waals surface area contributed by atoms with Crippen molar-refractivity contribution in [1.29, 1.82) is 0 Å². The number of amides is 1. The highest BCUT2D eigenvalue weighted by Crippen LogP contribution is 2.45. The lowest BCUT2D eigenvalue weighted by Gasteiger charge is -2.32. The topological polar surface area (TPSA) is 100 Å². The number of alkyl carbamates (subject to hydrolysis) is 1. The molecule has 3 aliphatic heterocycles. The summed E-state index contributed by atoms with van der Waals surface area (Å²) >= 11 is 0. The highest BCUT2D eigenvalue weighted by molar-refractivity contribution is 6.62. The minimum atomic E-state index is -1.09. The molecule has 7 rings (SSSR count). The van der Waals surface area contributed by atoms with Gasteiger partial charge in [0.25, 0.3) is 0 Å². The van der Waals surface area contributed by atoms with Gasteiger partial charge in [0.05, 0.1) is 35.6 Å². The molecule has 4 heterocycles. The van der Waals surface area contributed by atoms with Gasteiger partial charge >= 0.3 is 13.2 Å². The van der Waals surface area contributed by atoms with Crippen LogP contribution < -0.4 is 15.5 Å². The second-order valence-corrected chi connectivity index (χ2v) is 15.8. The quantitative estimate of drug-likeness (QED) is 0.241. The zero-order chi connectivity index (χ0) is 36.4. The standard InChI is InChI=1S/C40H49BFN3O6/c1-9-35-45-32-15-12-26(41-50-39(4,5)40(6,7)51-41)16-25(32)17-33(45)28-13-10-23(18-34(28)49-35)24-11-14-31(43-21-24)29-19-27(42)20-30(29)37(46)36(22(2)3)44-38(47)48-8/h10,12-13,15-18,21-22,27,29-30,35-36H,9,11,14,19-20H2,1-8H3,(H,44,47)/t27-,29-,30?,35?,36+/m1/s1. The fourth-order valence-corrected chi connectivity index (χ4v) is 8.09. The third kappa shape index (κ3) is 6.30. The number of aromatic nitrogens is 1. The third-order valence-corrected chi connectivity index (χ3v) is 11.7. The minimum absolute atomic E-state index is 0.141. The van der Waals surface area contributed by atoms with E-state index in [1.807, 2.05) is 20.0 Å². The predicted octanol–water partition coefficient (Wildman–Crippen LogP) is 7.80. The highest BCUT2D eigenvalue weighted by atomic mass is 19.1. The predicted molar refractivity (Wildman–Crippen MR) is 198 cm³/mol. The van der Waals surface area contributed by atoms with Crippen LogP contribution in [-0.2, 0) is 18.8 Å². The number of nitrogens with zero attached hydrogens (tertiary/aromatic N) is 2. The zero-order valence-electron chi connectivity index (χ0n) is 30.9. The maximum Gasteiger partial charge on any atom is 0.494 e. The highest BCUT2D eigenvalue weighted by Gasteiger charge is 2.52. The molecule has 2 fully saturated rings. The maximum absolute atomic E-state index is 14.9. The Kier molecular flexibility index (Phi) is 9.19. The van der Waals surface area contributed by atoms with Crippen molar-refractivity contribution in [2.75, 3.05) is 7.11 Å². The van der Waals surface area contributed by atoms with Crippen LogP contribution in [0.4, 0.5) is 9.18 Å². The van der Waals surface area contributed by atoms with E-state index in [9.17, 15) is 14.0 Å². The van der Waals surface area contributed by atoms with Gasteiger partial charge in [-0.25, -0.2) is 9.18 Å². The number of alkyl halides is 1. The van der Waals surface area contributed by atoms with Crippen LogP contribution in [0.3, 0.4) is 0 Å². The Morgan fingerprint density at radius 2 is 1.80 bits per heavy atom. The first-order valence-electron chi connectivity index (χ1n) is 18.3. The summed E-state index contributed by atoms with van der Waals surface area (Å²) in [5.41, 5.74) is 6.35. The maximum atomic E-state index is 14.9. The molecule has 3 aromatic rings. The smallest absolute Gasteiger partial charge is 0.469 e. The van der Waals surface area contributed by atoms with Gasteiger partial charge in [0.1, 0.15) is 11.9 Å². The number of nitrogens with one attached hydrogen (secondary N) is 1. The molecule has 1 amide bonds. The number of ketones is 1. The number of hydrogen-bond acceptors (Lipinski definition) is 7. The van der Waals surface area contributed by atoms with Gasteiger partial charge in [-0.2, -0.15) is 0 Å². The third-order valence-electron chi connectivity index (χ3n) is 11.7. The van der Waals surface area contributed by atoms with Gasteiger partial charge in [-0.1, -0.05) is 39.0 Å². The molecule has 2 unspecified atom stereocenters. The number of methoxy groups -OCH3 is 1. The molecule has 1 N–H and O–H groups in total. The fraction of sp³-hybridized carbons (Fsp3) is 0.525. The number of carbonyl (C=O) groups is 2. The lowest BCUT2D eigenvalue weighted by atomic mass is 9.78. The number of ether oxygens (including phenoxy) is 2. The van der Waals surface area contributed by atoms with Crippen molar-refractivity contribution in [3.8, 4) is 17.0 Å². The summed E-state index contributed by atoms with van der Waals surface area (Å²) in [4.78, 5) is 30.5. The SMILES string of the molecule is CCC1Oc2cc(C3=CN=C([C@@H]4C[C@@H](F)CC4C(=O)[C@@H](NC(=O)OC)C(C)C)CC3)ccc2-c2cc3cc(B4OC(C)(C)C(C)(C)O4)ccc3n21. The molecule has 2 aromatic carbocycles. The van der Waals surface area contributed by atoms with Crippen LogP contribution in [0.15, 0.2) is 53.7 Å². The molecule has 0 radical (unpaired) electrons. The number of Topliss-reactive ketones (excluding diaryl/α,β-unsaturated/α-hetero) is 1. The summed E-state index contributed by atoms with van der Waals surface area (Å²) in [6.07, 6.45) is 2.51. The number of hydrogen-bond donors (Lipinski definition) is 1. The molecule has 270 valence electrons. The Hall–Kier alpha value is -3.96. The van der Waals surface area contributed by atoms with E-state index in [2.05, 4.69) is 87.0 Å². The summed E-state index contributed by atoms with van der Waals surface area (Å²) in [5, 5.41) is 3.77. The van der Waals surface area contributed by atoms with E-state index >= 15 is 0 Å². The first-order chi connectivity index (χ1) is 24.2. The van der Waals surface area contributed by atoms with E-state index in [0.29, 0.717) is 6.42 Å². The Morgan fingerprint density at radius 3 is 2.45 bits per heavy atom. The largest absolute Gasteiger partial charge is 0.494 e.